The van der Waals surface area contributed by atoms with Gasteiger partial charge in [-0.2, -0.15) is 5.10 Å². The van der Waals surface area contributed by atoms with Gasteiger partial charge in [0.05, 0.1) is 12.7 Å². The number of nitrogens with one attached hydrogen (secondary N) is 1. The molecule has 0 spiro atoms. The summed E-state index contributed by atoms with van der Waals surface area (Å²) in [6.45, 7) is 5.44. The summed E-state index contributed by atoms with van der Waals surface area (Å²) in [5.74, 6) is 0.433. The van der Waals surface area contributed by atoms with E-state index >= 15 is 0 Å². The summed E-state index contributed by atoms with van der Waals surface area (Å²) in [6, 6.07) is 10.3. The Morgan fingerprint density at radius 3 is 2.65 bits per heavy atom. The molecular formula is C18H26N4O. The molecule has 0 fully saturated rings. The van der Waals surface area contributed by atoms with E-state index in [4.69, 9.17) is 0 Å². The van der Waals surface area contributed by atoms with Gasteiger partial charge in [-0.1, -0.05) is 37.3 Å². The molecule has 1 heterocycles. The molecule has 1 aromatic carbocycles. The summed E-state index contributed by atoms with van der Waals surface area (Å²) in [5, 5.41) is 7.20. The van der Waals surface area contributed by atoms with Gasteiger partial charge in [0, 0.05) is 31.9 Å². The molecule has 0 bridgehead atoms. The van der Waals surface area contributed by atoms with Crippen LogP contribution in [0.4, 0.5) is 4.79 Å². The molecule has 0 radical (unpaired) electrons. The van der Waals surface area contributed by atoms with E-state index in [1.54, 1.807) is 4.90 Å². The number of amides is 2. The minimum absolute atomic E-state index is 0.0477. The highest BCUT2D eigenvalue weighted by Gasteiger charge is 2.12. The SMILES string of the molecule is Cc1c(CN(C)C(=O)NCC[C@@H](C)c2ccccc2)cnn1C. The Bertz CT molecular complexity index is 636. The maximum absolute atomic E-state index is 12.2. The number of hydrogen-bond acceptors (Lipinski definition) is 2. The average Bonchev–Trinajstić information content (AvgIpc) is 2.87. The second-order valence-electron chi connectivity index (χ2n) is 6.07. The second-order valence-corrected chi connectivity index (χ2v) is 6.07. The standard InChI is InChI=1S/C18H26N4O/c1-14(16-8-6-5-7-9-16)10-11-19-18(23)21(3)13-17-12-20-22(4)15(17)2/h5-9,12,14H,10-11,13H2,1-4H3,(H,19,23)/t14-/m1/s1. The van der Waals surface area contributed by atoms with Crippen molar-refractivity contribution in [1.82, 2.24) is 20.0 Å². The zero-order chi connectivity index (χ0) is 16.8. The first-order chi connectivity index (χ1) is 11.0. The molecule has 1 aromatic heterocycles. The fourth-order valence-electron chi connectivity index (χ4n) is 2.51. The predicted molar refractivity (Wildman–Crippen MR) is 92.3 cm³/mol. The number of carbonyl (C=O) groups excluding carboxylic acids is 1. The zero-order valence-corrected chi connectivity index (χ0v) is 14.4. The number of urea groups is 1. The van der Waals surface area contributed by atoms with Crippen molar-refractivity contribution in [2.75, 3.05) is 13.6 Å². The summed E-state index contributed by atoms with van der Waals surface area (Å²) in [5.41, 5.74) is 3.46. The van der Waals surface area contributed by atoms with Gasteiger partial charge in [-0.3, -0.25) is 4.68 Å². The van der Waals surface area contributed by atoms with E-state index in [0.29, 0.717) is 19.0 Å². The molecule has 0 unspecified atom stereocenters. The van der Waals surface area contributed by atoms with Crippen LogP contribution >= 0.6 is 0 Å². The minimum Gasteiger partial charge on any atom is -0.338 e. The molecule has 0 aliphatic carbocycles. The highest BCUT2D eigenvalue weighted by Crippen LogP contribution is 2.17. The van der Waals surface area contributed by atoms with Crippen LogP contribution in [-0.4, -0.2) is 34.3 Å². The number of benzene rings is 1. The van der Waals surface area contributed by atoms with Crippen LogP contribution in [-0.2, 0) is 13.6 Å². The summed E-state index contributed by atoms with van der Waals surface area (Å²) in [6.07, 6.45) is 2.74. The first-order valence-electron chi connectivity index (χ1n) is 8.00. The van der Waals surface area contributed by atoms with Crippen LogP contribution in [0.15, 0.2) is 36.5 Å². The molecule has 0 aliphatic heterocycles. The number of rotatable bonds is 6. The van der Waals surface area contributed by atoms with Gasteiger partial charge >= 0.3 is 6.03 Å². The lowest BCUT2D eigenvalue weighted by Gasteiger charge is -2.19. The van der Waals surface area contributed by atoms with E-state index in [0.717, 1.165) is 17.7 Å². The fourth-order valence-corrected chi connectivity index (χ4v) is 2.51. The van der Waals surface area contributed by atoms with Crippen LogP contribution in [0.5, 0.6) is 0 Å². The Morgan fingerprint density at radius 2 is 2.04 bits per heavy atom. The van der Waals surface area contributed by atoms with Crippen molar-refractivity contribution < 1.29 is 4.79 Å². The molecule has 2 amide bonds. The lowest BCUT2D eigenvalue weighted by molar-refractivity contribution is 0.206. The molecule has 1 N–H and O–H groups in total. The molecular weight excluding hydrogens is 288 g/mol. The Morgan fingerprint density at radius 1 is 1.35 bits per heavy atom. The quantitative estimate of drug-likeness (QED) is 0.891. The highest BCUT2D eigenvalue weighted by atomic mass is 16.2. The number of carbonyl (C=O) groups is 1. The van der Waals surface area contributed by atoms with Crippen molar-refractivity contribution >= 4 is 6.03 Å². The average molecular weight is 314 g/mol. The number of aromatic nitrogens is 2. The van der Waals surface area contributed by atoms with Crippen molar-refractivity contribution in [1.29, 1.82) is 0 Å². The normalized spacial score (nSPS) is 12.0. The van der Waals surface area contributed by atoms with Gasteiger partial charge in [0.15, 0.2) is 0 Å². The van der Waals surface area contributed by atoms with E-state index in [1.807, 2.05) is 38.0 Å². The lowest BCUT2D eigenvalue weighted by Crippen LogP contribution is -2.37. The number of hydrogen-bond donors (Lipinski definition) is 1. The largest absolute Gasteiger partial charge is 0.338 e. The van der Waals surface area contributed by atoms with Crippen molar-refractivity contribution in [2.24, 2.45) is 7.05 Å². The monoisotopic (exact) mass is 314 g/mol. The fraction of sp³-hybridized carbons (Fsp3) is 0.444. The molecule has 23 heavy (non-hydrogen) atoms. The van der Waals surface area contributed by atoms with Gasteiger partial charge in [-0.05, 0) is 24.8 Å². The Labute approximate surface area is 138 Å². The molecule has 2 rings (SSSR count). The van der Waals surface area contributed by atoms with E-state index in [9.17, 15) is 4.79 Å². The van der Waals surface area contributed by atoms with Gasteiger partial charge in [0.2, 0.25) is 0 Å². The van der Waals surface area contributed by atoms with Crippen LogP contribution in [0.25, 0.3) is 0 Å². The highest BCUT2D eigenvalue weighted by molar-refractivity contribution is 5.73. The van der Waals surface area contributed by atoms with E-state index in [2.05, 4.69) is 41.6 Å². The first-order valence-corrected chi connectivity index (χ1v) is 8.00. The Hall–Kier alpha value is -2.30. The van der Waals surface area contributed by atoms with E-state index in [1.165, 1.54) is 5.56 Å². The van der Waals surface area contributed by atoms with Crippen LogP contribution in [0.1, 0.15) is 36.1 Å². The molecule has 124 valence electrons. The van der Waals surface area contributed by atoms with Crippen LogP contribution in [0.2, 0.25) is 0 Å². The van der Waals surface area contributed by atoms with Gasteiger partial charge in [0.1, 0.15) is 0 Å². The molecule has 0 saturated carbocycles. The maximum Gasteiger partial charge on any atom is 0.317 e. The molecule has 0 saturated heterocycles. The smallest absolute Gasteiger partial charge is 0.317 e. The first kappa shape index (κ1) is 17.1. The molecule has 0 aliphatic rings. The minimum atomic E-state index is -0.0477. The van der Waals surface area contributed by atoms with E-state index in [-0.39, 0.29) is 6.03 Å². The lowest BCUT2D eigenvalue weighted by atomic mass is 9.98. The molecule has 1 atom stereocenters. The number of aryl methyl sites for hydroxylation is 1. The number of nitrogens with zero attached hydrogens (tertiary/aromatic N) is 3. The van der Waals surface area contributed by atoms with Crippen LogP contribution in [0.3, 0.4) is 0 Å². The van der Waals surface area contributed by atoms with Gasteiger partial charge in [0.25, 0.3) is 0 Å². The Balaban J connectivity index is 1.77. The topological polar surface area (TPSA) is 50.2 Å². The van der Waals surface area contributed by atoms with Crippen LogP contribution in [0, 0.1) is 6.92 Å². The van der Waals surface area contributed by atoms with Gasteiger partial charge in [-0.25, -0.2) is 4.79 Å². The summed E-state index contributed by atoms with van der Waals surface area (Å²) in [4.78, 5) is 13.9. The maximum atomic E-state index is 12.2. The third-order valence-electron chi connectivity index (χ3n) is 4.31. The summed E-state index contributed by atoms with van der Waals surface area (Å²) in [7, 11) is 3.71. The van der Waals surface area contributed by atoms with Gasteiger partial charge in [-0.15, -0.1) is 0 Å². The summed E-state index contributed by atoms with van der Waals surface area (Å²) < 4.78 is 1.82. The van der Waals surface area contributed by atoms with Crippen molar-refractivity contribution in [3.05, 3.63) is 53.3 Å². The zero-order valence-electron chi connectivity index (χ0n) is 14.4. The third-order valence-corrected chi connectivity index (χ3v) is 4.31. The van der Waals surface area contributed by atoms with Crippen molar-refractivity contribution in [2.45, 2.75) is 32.7 Å². The third kappa shape index (κ3) is 4.58. The second kappa shape index (κ2) is 7.81. The summed E-state index contributed by atoms with van der Waals surface area (Å²) >= 11 is 0. The molecule has 2 aromatic rings. The van der Waals surface area contributed by atoms with Crippen molar-refractivity contribution in [3.63, 3.8) is 0 Å². The molecule has 5 nitrogen and oxygen atoms in total. The Kier molecular flexibility index (Phi) is 5.79. The van der Waals surface area contributed by atoms with E-state index < -0.39 is 0 Å². The molecule has 5 heteroatoms. The van der Waals surface area contributed by atoms with Crippen LogP contribution < -0.4 is 5.32 Å². The van der Waals surface area contributed by atoms with Crippen molar-refractivity contribution in [3.8, 4) is 0 Å². The predicted octanol–water partition coefficient (Wildman–Crippen LogP) is 3.06. The van der Waals surface area contributed by atoms with Gasteiger partial charge < -0.3 is 10.2 Å².